The summed E-state index contributed by atoms with van der Waals surface area (Å²) in [4.78, 5) is 0. The average Bonchev–Trinajstić information content (AvgIpc) is 3.38. The minimum atomic E-state index is 1.20. The molecule has 298 valence electrons. The van der Waals surface area contributed by atoms with Crippen molar-refractivity contribution in [2.75, 3.05) is 0 Å². The monoisotopic (exact) mass is 810 g/mol. The third kappa shape index (κ3) is 6.31. The lowest BCUT2D eigenvalue weighted by Gasteiger charge is -2.21. The predicted molar refractivity (Wildman–Crippen MR) is 275 cm³/mol. The van der Waals surface area contributed by atoms with Crippen molar-refractivity contribution in [2.45, 2.75) is 0 Å². The molecule has 64 heavy (non-hydrogen) atoms. The van der Waals surface area contributed by atoms with Gasteiger partial charge in [0.2, 0.25) is 0 Å². The van der Waals surface area contributed by atoms with Gasteiger partial charge in [-0.05, 0) is 121 Å². The third-order valence-electron chi connectivity index (χ3n) is 13.1. The topological polar surface area (TPSA) is 0 Å². The smallest absolute Gasteiger partial charge is 0.00201 e. The summed E-state index contributed by atoms with van der Waals surface area (Å²) in [6.07, 6.45) is 0. The van der Waals surface area contributed by atoms with Gasteiger partial charge >= 0.3 is 0 Å². The van der Waals surface area contributed by atoms with Crippen molar-refractivity contribution < 1.29 is 0 Å². The Balaban J connectivity index is 1.01. The minimum absolute atomic E-state index is 1.20. The Morgan fingerprint density at radius 2 is 0.344 bits per heavy atom. The molecule has 0 amide bonds. The zero-order chi connectivity index (χ0) is 42.4. The van der Waals surface area contributed by atoms with E-state index in [2.05, 4.69) is 255 Å². The molecule has 0 spiro atoms. The zero-order valence-corrected chi connectivity index (χ0v) is 35.2. The van der Waals surface area contributed by atoms with E-state index in [4.69, 9.17) is 0 Å². The summed E-state index contributed by atoms with van der Waals surface area (Å²) in [7, 11) is 0. The fraction of sp³-hybridized carbons (Fsp3) is 0. The molecule has 0 heteroatoms. The molecule has 12 aromatic carbocycles. The first-order valence-electron chi connectivity index (χ1n) is 22.2. The lowest BCUT2D eigenvalue weighted by molar-refractivity contribution is 1.58. The largest absolute Gasteiger partial charge is 0.0622 e. The Morgan fingerprint density at radius 1 is 0.125 bits per heavy atom. The van der Waals surface area contributed by atoms with Gasteiger partial charge in [0.15, 0.2) is 0 Å². The second kappa shape index (κ2) is 15.9. The van der Waals surface area contributed by atoms with Crippen molar-refractivity contribution in [3.63, 3.8) is 0 Å². The Bertz CT molecular complexity index is 3560. The molecule has 12 rings (SSSR count). The molecule has 0 aromatic heterocycles. The van der Waals surface area contributed by atoms with E-state index in [-0.39, 0.29) is 0 Å². The van der Waals surface area contributed by atoms with E-state index in [1.165, 1.54) is 121 Å². The van der Waals surface area contributed by atoms with Gasteiger partial charge in [-0.3, -0.25) is 0 Å². The first-order chi connectivity index (χ1) is 31.8. The molecule has 0 saturated carbocycles. The molecule has 0 saturated heterocycles. The number of benzene rings is 12. The molecule has 0 bridgehead atoms. The van der Waals surface area contributed by atoms with Crippen LogP contribution in [0.3, 0.4) is 0 Å². The zero-order valence-electron chi connectivity index (χ0n) is 35.2. The first kappa shape index (κ1) is 37.4. The van der Waals surface area contributed by atoms with Crippen molar-refractivity contribution in [1.82, 2.24) is 0 Å². The molecular formula is C64H42. The van der Waals surface area contributed by atoms with Gasteiger partial charge in [0.1, 0.15) is 0 Å². The molecule has 0 aliphatic carbocycles. The molecule has 12 aromatic rings. The molecule has 0 heterocycles. The molecule has 0 aliphatic heterocycles. The number of hydrogen-bond acceptors (Lipinski definition) is 0. The standard InChI is InChI=1S/C64H42/c1-3-19-43(20-4-1)44-35-37-46(38-36-44)50-24-8-10-26-52(50)64-59-33-17-13-29-55(59)62(56-30-14-18-34-60(56)64)48-41-39-47(40-42-48)61-53-27-11-15-31-57(53)63(58-32-16-12-28-54(58)61)51-25-9-7-23-49(51)45-21-5-2-6-22-45/h1-42H. The van der Waals surface area contributed by atoms with Crippen LogP contribution in [0, 0.1) is 0 Å². The van der Waals surface area contributed by atoms with Crippen molar-refractivity contribution in [3.8, 4) is 77.9 Å². The molecule has 0 radical (unpaired) electrons. The maximum Gasteiger partial charge on any atom is -0.00201 e. The molecule has 0 unspecified atom stereocenters. The van der Waals surface area contributed by atoms with Crippen LogP contribution in [-0.2, 0) is 0 Å². The first-order valence-corrected chi connectivity index (χ1v) is 22.2. The van der Waals surface area contributed by atoms with Gasteiger partial charge in [0.25, 0.3) is 0 Å². The van der Waals surface area contributed by atoms with Gasteiger partial charge in [-0.15, -0.1) is 0 Å². The maximum absolute atomic E-state index is 2.34. The highest BCUT2D eigenvalue weighted by Gasteiger charge is 2.21. The molecular weight excluding hydrogens is 769 g/mol. The van der Waals surface area contributed by atoms with Crippen LogP contribution in [-0.4, -0.2) is 0 Å². The SMILES string of the molecule is c1ccc(-c2ccc(-c3ccccc3-c3c4ccccc4c(-c4ccc(-c5c6ccccc6c(-c6ccccc6-c6ccccc6)c6ccccc56)cc4)c4ccccc34)cc2)cc1. The Morgan fingerprint density at radius 3 is 0.703 bits per heavy atom. The van der Waals surface area contributed by atoms with Crippen LogP contribution in [0.4, 0.5) is 0 Å². The van der Waals surface area contributed by atoms with E-state index in [0.29, 0.717) is 0 Å². The highest BCUT2D eigenvalue weighted by molar-refractivity contribution is 6.24. The van der Waals surface area contributed by atoms with E-state index in [0.717, 1.165) is 0 Å². The predicted octanol–water partition coefficient (Wildman–Crippen LogP) is 18.0. The van der Waals surface area contributed by atoms with Gasteiger partial charge in [-0.1, -0.05) is 255 Å². The van der Waals surface area contributed by atoms with Crippen LogP contribution in [0.2, 0.25) is 0 Å². The van der Waals surface area contributed by atoms with Crippen LogP contribution in [0.1, 0.15) is 0 Å². The van der Waals surface area contributed by atoms with Crippen molar-refractivity contribution in [1.29, 1.82) is 0 Å². The third-order valence-corrected chi connectivity index (χ3v) is 13.1. The van der Waals surface area contributed by atoms with Crippen LogP contribution >= 0.6 is 0 Å². The Hall–Kier alpha value is -8.32. The summed E-state index contributed by atoms with van der Waals surface area (Å²) >= 11 is 0. The van der Waals surface area contributed by atoms with E-state index in [1.807, 2.05) is 0 Å². The highest BCUT2D eigenvalue weighted by atomic mass is 14.2. The summed E-state index contributed by atoms with van der Waals surface area (Å²) in [5.74, 6) is 0. The summed E-state index contributed by atoms with van der Waals surface area (Å²) in [6, 6.07) is 93.4. The fourth-order valence-corrected chi connectivity index (χ4v) is 10.3. The molecule has 0 aliphatic rings. The lowest BCUT2D eigenvalue weighted by Crippen LogP contribution is -1.93. The molecule has 0 atom stereocenters. The van der Waals surface area contributed by atoms with Crippen molar-refractivity contribution in [2.24, 2.45) is 0 Å². The van der Waals surface area contributed by atoms with Gasteiger partial charge < -0.3 is 0 Å². The van der Waals surface area contributed by atoms with E-state index < -0.39 is 0 Å². The van der Waals surface area contributed by atoms with Gasteiger partial charge in [0.05, 0.1) is 0 Å². The summed E-state index contributed by atoms with van der Waals surface area (Å²) < 4.78 is 0. The highest BCUT2D eigenvalue weighted by Crippen LogP contribution is 2.49. The number of hydrogen-bond donors (Lipinski definition) is 0. The normalized spacial score (nSPS) is 11.4. The lowest BCUT2D eigenvalue weighted by atomic mass is 9.82. The molecule has 0 fully saturated rings. The van der Waals surface area contributed by atoms with E-state index in [9.17, 15) is 0 Å². The number of rotatable bonds is 7. The van der Waals surface area contributed by atoms with Crippen LogP contribution < -0.4 is 0 Å². The van der Waals surface area contributed by atoms with E-state index in [1.54, 1.807) is 0 Å². The summed E-state index contributed by atoms with van der Waals surface area (Å²) in [5.41, 5.74) is 17.3. The van der Waals surface area contributed by atoms with Gasteiger partial charge in [0, 0.05) is 0 Å². The number of fused-ring (bicyclic) bond motifs is 4. The summed E-state index contributed by atoms with van der Waals surface area (Å²) in [6.45, 7) is 0. The maximum atomic E-state index is 2.34. The quantitative estimate of drug-likeness (QED) is 0.141. The molecule has 0 N–H and O–H groups in total. The Kier molecular flexibility index (Phi) is 9.28. The van der Waals surface area contributed by atoms with Gasteiger partial charge in [-0.2, -0.15) is 0 Å². The fourth-order valence-electron chi connectivity index (χ4n) is 10.3. The Labute approximate surface area is 374 Å². The van der Waals surface area contributed by atoms with Gasteiger partial charge in [-0.25, -0.2) is 0 Å². The summed E-state index contributed by atoms with van der Waals surface area (Å²) in [5, 5.41) is 9.99. The van der Waals surface area contributed by atoms with Crippen LogP contribution in [0.5, 0.6) is 0 Å². The van der Waals surface area contributed by atoms with Crippen LogP contribution in [0.15, 0.2) is 255 Å². The minimum Gasteiger partial charge on any atom is -0.0622 e. The van der Waals surface area contributed by atoms with Crippen molar-refractivity contribution >= 4 is 43.1 Å². The van der Waals surface area contributed by atoms with Crippen LogP contribution in [0.25, 0.3) is 121 Å². The van der Waals surface area contributed by atoms with E-state index >= 15 is 0 Å². The second-order valence-corrected chi connectivity index (χ2v) is 16.7. The average molecular weight is 811 g/mol. The second-order valence-electron chi connectivity index (χ2n) is 16.7. The van der Waals surface area contributed by atoms with Crippen molar-refractivity contribution in [3.05, 3.63) is 255 Å². The molecule has 0 nitrogen and oxygen atoms in total.